The van der Waals surface area contributed by atoms with Crippen molar-refractivity contribution in [1.29, 1.82) is 5.26 Å². The van der Waals surface area contributed by atoms with Gasteiger partial charge in [0.25, 0.3) is 0 Å². The van der Waals surface area contributed by atoms with Gasteiger partial charge in [0.2, 0.25) is 0 Å². The first-order valence-electron chi connectivity index (χ1n) is 8.40. The highest BCUT2D eigenvalue weighted by Crippen LogP contribution is 2.20. The Hall–Kier alpha value is -3.99. The molecule has 132 valence electrons. The van der Waals surface area contributed by atoms with Gasteiger partial charge in [-0.3, -0.25) is 4.57 Å². The lowest BCUT2D eigenvalue weighted by molar-refractivity contribution is 0.862. The molecular formula is C19H16N8. The third-order valence-electron chi connectivity index (χ3n) is 4.13. The Bertz CT molecular complexity index is 1130. The van der Waals surface area contributed by atoms with Crippen molar-refractivity contribution in [3.63, 3.8) is 0 Å². The second-order valence-corrected chi connectivity index (χ2v) is 5.82. The monoisotopic (exact) mass is 356 g/mol. The molecule has 0 amide bonds. The van der Waals surface area contributed by atoms with Gasteiger partial charge in [-0.15, -0.1) is 0 Å². The van der Waals surface area contributed by atoms with E-state index in [4.69, 9.17) is 10.7 Å². The molecular weight excluding hydrogens is 340 g/mol. The molecule has 0 unspecified atom stereocenters. The molecule has 0 saturated heterocycles. The molecule has 0 atom stereocenters. The average Bonchev–Trinajstić information content (AvgIpc) is 3.07. The number of aromatic nitrogens is 5. The Morgan fingerprint density at radius 3 is 2.74 bits per heavy atom. The molecule has 0 fully saturated rings. The molecule has 4 aromatic rings. The summed E-state index contributed by atoms with van der Waals surface area (Å²) in [5, 5.41) is 12.4. The second-order valence-electron chi connectivity index (χ2n) is 5.82. The average molecular weight is 356 g/mol. The fourth-order valence-corrected chi connectivity index (χ4v) is 2.91. The van der Waals surface area contributed by atoms with Gasteiger partial charge in [-0.1, -0.05) is 18.2 Å². The molecule has 0 aliphatic rings. The first-order valence-corrected chi connectivity index (χ1v) is 8.40. The zero-order valence-corrected chi connectivity index (χ0v) is 14.4. The van der Waals surface area contributed by atoms with E-state index in [1.54, 1.807) is 6.20 Å². The molecule has 0 aliphatic heterocycles. The summed E-state index contributed by atoms with van der Waals surface area (Å²) in [5.74, 6) is 1.45. The van der Waals surface area contributed by atoms with Crippen LogP contribution < -0.4 is 11.1 Å². The van der Waals surface area contributed by atoms with E-state index in [0.717, 1.165) is 22.7 Å². The van der Waals surface area contributed by atoms with E-state index in [-0.39, 0.29) is 11.4 Å². The number of anilines is 2. The summed E-state index contributed by atoms with van der Waals surface area (Å²) in [6.45, 7) is 0.529. The number of benzene rings is 1. The van der Waals surface area contributed by atoms with Crippen molar-refractivity contribution in [2.24, 2.45) is 0 Å². The number of pyridine rings is 1. The number of nitrogens with two attached hydrogens (primary N) is 1. The molecule has 27 heavy (non-hydrogen) atoms. The molecule has 8 nitrogen and oxygen atoms in total. The Balaban J connectivity index is 1.64. The summed E-state index contributed by atoms with van der Waals surface area (Å²) < 4.78 is 2.04. The van der Waals surface area contributed by atoms with Gasteiger partial charge < -0.3 is 11.1 Å². The number of imidazole rings is 1. The van der Waals surface area contributed by atoms with Crippen LogP contribution in [0.4, 0.5) is 11.6 Å². The molecule has 0 radical (unpaired) electrons. The minimum Gasteiger partial charge on any atom is -0.382 e. The zero-order chi connectivity index (χ0) is 18.6. The zero-order valence-electron chi connectivity index (χ0n) is 14.4. The summed E-state index contributed by atoms with van der Waals surface area (Å²) in [4.78, 5) is 17.1. The Morgan fingerprint density at radius 2 is 1.93 bits per heavy atom. The summed E-state index contributed by atoms with van der Waals surface area (Å²) >= 11 is 0. The topological polar surface area (TPSA) is 118 Å². The maximum Gasteiger partial charge on any atom is 0.164 e. The van der Waals surface area contributed by atoms with Crippen molar-refractivity contribution < 1.29 is 0 Å². The first kappa shape index (κ1) is 16.5. The van der Waals surface area contributed by atoms with Crippen molar-refractivity contribution in [3.8, 4) is 11.8 Å². The summed E-state index contributed by atoms with van der Waals surface area (Å²) in [5.41, 5.74) is 8.61. The van der Waals surface area contributed by atoms with Crippen molar-refractivity contribution in [2.75, 3.05) is 17.6 Å². The number of rotatable bonds is 5. The largest absolute Gasteiger partial charge is 0.382 e. The Kier molecular flexibility index (Phi) is 4.33. The number of para-hydroxylation sites is 1. The minimum absolute atomic E-state index is 0.163. The Labute approximate surface area is 155 Å². The van der Waals surface area contributed by atoms with Crippen LogP contribution in [0.25, 0.3) is 16.9 Å². The van der Waals surface area contributed by atoms with Crippen LogP contribution >= 0.6 is 0 Å². The summed E-state index contributed by atoms with van der Waals surface area (Å²) in [6, 6.07) is 15.8. The van der Waals surface area contributed by atoms with Gasteiger partial charge in [0.15, 0.2) is 5.65 Å². The fourth-order valence-electron chi connectivity index (χ4n) is 2.91. The van der Waals surface area contributed by atoms with Gasteiger partial charge in [-0.05, 0) is 24.3 Å². The molecule has 4 rings (SSSR count). The Morgan fingerprint density at radius 1 is 1.07 bits per heavy atom. The van der Waals surface area contributed by atoms with Crippen molar-refractivity contribution in [3.05, 3.63) is 66.4 Å². The van der Waals surface area contributed by atoms with Crippen molar-refractivity contribution >= 4 is 22.8 Å². The van der Waals surface area contributed by atoms with Crippen LogP contribution in [0.5, 0.6) is 0 Å². The molecule has 1 aromatic carbocycles. The van der Waals surface area contributed by atoms with Crippen LogP contribution in [0.15, 0.2) is 55.0 Å². The molecule has 3 N–H and O–H groups in total. The van der Waals surface area contributed by atoms with E-state index in [2.05, 4.69) is 20.3 Å². The van der Waals surface area contributed by atoms with Crippen molar-refractivity contribution in [1.82, 2.24) is 24.5 Å². The highest BCUT2D eigenvalue weighted by Gasteiger charge is 2.14. The number of nitrogens with one attached hydrogen (secondary N) is 1. The lowest BCUT2D eigenvalue weighted by Gasteiger charge is -2.10. The van der Waals surface area contributed by atoms with Crippen LogP contribution in [0, 0.1) is 11.3 Å². The molecule has 3 aromatic heterocycles. The third-order valence-corrected chi connectivity index (χ3v) is 4.13. The highest BCUT2D eigenvalue weighted by molar-refractivity contribution is 5.73. The molecule has 0 saturated carbocycles. The lowest BCUT2D eigenvalue weighted by atomic mass is 10.3. The number of nitrogen functional groups attached to an aromatic ring is 1. The van der Waals surface area contributed by atoms with Crippen LogP contribution in [-0.4, -0.2) is 31.0 Å². The predicted molar refractivity (Wildman–Crippen MR) is 102 cm³/mol. The predicted octanol–water partition coefficient (Wildman–Crippen LogP) is 2.32. The van der Waals surface area contributed by atoms with Gasteiger partial charge in [-0.25, -0.2) is 19.9 Å². The van der Waals surface area contributed by atoms with E-state index in [9.17, 15) is 5.26 Å². The highest BCUT2D eigenvalue weighted by atomic mass is 15.1. The SMILES string of the molecule is N#Cc1c(N)ncnc1NCCc1nc2cccnc2n1-c1ccccc1. The van der Waals surface area contributed by atoms with Crippen LogP contribution in [0.2, 0.25) is 0 Å². The van der Waals surface area contributed by atoms with E-state index in [1.807, 2.05) is 53.1 Å². The quantitative estimate of drug-likeness (QED) is 0.563. The van der Waals surface area contributed by atoms with Gasteiger partial charge in [-0.2, -0.15) is 5.26 Å². The number of nitriles is 1. The number of hydrogen-bond acceptors (Lipinski definition) is 7. The minimum atomic E-state index is 0.163. The maximum absolute atomic E-state index is 9.23. The van der Waals surface area contributed by atoms with Gasteiger partial charge in [0.05, 0.1) is 0 Å². The number of fused-ring (bicyclic) bond motifs is 1. The van der Waals surface area contributed by atoms with E-state index in [1.165, 1.54) is 6.33 Å². The smallest absolute Gasteiger partial charge is 0.164 e. The van der Waals surface area contributed by atoms with E-state index in [0.29, 0.717) is 18.8 Å². The normalized spacial score (nSPS) is 10.6. The lowest BCUT2D eigenvalue weighted by Crippen LogP contribution is -2.12. The third kappa shape index (κ3) is 3.14. The standard InChI is InChI=1S/C19H16N8/c20-11-14-17(21)24-12-25-18(14)22-10-8-16-26-15-7-4-9-23-19(15)27(16)13-5-2-1-3-6-13/h1-7,9,12H,8,10H2,(H3,21,22,24,25). The van der Waals surface area contributed by atoms with Crippen molar-refractivity contribution in [2.45, 2.75) is 6.42 Å². The maximum atomic E-state index is 9.23. The van der Waals surface area contributed by atoms with Gasteiger partial charge in [0, 0.05) is 24.8 Å². The van der Waals surface area contributed by atoms with Gasteiger partial charge in [0.1, 0.15) is 40.9 Å². The molecule has 0 spiro atoms. The van der Waals surface area contributed by atoms with Gasteiger partial charge >= 0.3 is 0 Å². The number of hydrogen-bond donors (Lipinski definition) is 2. The van der Waals surface area contributed by atoms with E-state index < -0.39 is 0 Å². The van der Waals surface area contributed by atoms with Crippen LogP contribution in [0.3, 0.4) is 0 Å². The van der Waals surface area contributed by atoms with E-state index >= 15 is 0 Å². The summed E-state index contributed by atoms with van der Waals surface area (Å²) in [6.07, 6.45) is 3.70. The molecule has 3 heterocycles. The second kappa shape index (κ2) is 7.09. The fraction of sp³-hybridized carbons (Fsp3) is 0.105. The van der Waals surface area contributed by atoms with Crippen LogP contribution in [-0.2, 0) is 6.42 Å². The molecule has 8 heteroatoms. The molecule has 0 aliphatic carbocycles. The summed E-state index contributed by atoms with van der Waals surface area (Å²) in [7, 11) is 0. The van der Waals surface area contributed by atoms with Crippen LogP contribution in [0.1, 0.15) is 11.4 Å². The first-order chi connectivity index (χ1) is 13.3. The number of nitrogens with zero attached hydrogens (tertiary/aromatic N) is 6. The molecule has 0 bridgehead atoms.